The lowest BCUT2D eigenvalue weighted by Gasteiger charge is -1.93. The van der Waals surface area contributed by atoms with Gasteiger partial charge >= 0.3 is 0 Å². The van der Waals surface area contributed by atoms with E-state index in [2.05, 4.69) is 4.98 Å². The van der Waals surface area contributed by atoms with Crippen LogP contribution in [0.15, 0.2) is 22.6 Å². The molecule has 74 valence electrons. The molecule has 0 aliphatic rings. The van der Waals surface area contributed by atoms with E-state index >= 15 is 0 Å². The minimum Gasteiger partial charge on any atom is -0.440 e. The standard InChI is InChI=1S/C11H8N2O2/c1-7(14)8-3-2-4-9-11(8)13-10(15-9)5-6-12/h2-4H,5H2,1H3. The fraction of sp³-hybridized carbons (Fsp3) is 0.182. The summed E-state index contributed by atoms with van der Waals surface area (Å²) in [6, 6.07) is 7.12. The molecule has 0 aliphatic carbocycles. The number of rotatable bonds is 2. The maximum Gasteiger partial charge on any atom is 0.209 e. The van der Waals surface area contributed by atoms with Gasteiger partial charge < -0.3 is 4.42 Å². The van der Waals surface area contributed by atoms with Gasteiger partial charge in [-0.15, -0.1) is 0 Å². The highest BCUT2D eigenvalue weighted by molar-refractivity contribution is 6.04. The molecule has 0 amide bonds. The third-order valence-electron chi connectivity index (χ3n) is 2.07. The molecule has 2 aromatic rings. The molecule has 0 unspecified atom stereocenters. The number of Topliss-reactive ketones (excluding diaryl/α,β-unsaturated/α-hetero) is 1. The van der Waals surface area contributed by atoms with Crippen LogP contribution in [-0.2, 0) is 6.42 Å². The number of hydrogen-bond acceptors (Lipinski definition) is 4. The van der Waals surface area contributed by atoms with Crippen molar-refractivity contribution in [2.75, 3.05) is 0 Å². The van der Waals surface area contributed by atoms with Gasteiger partial charge in [0.1, 0.15) is 11.9 Å². The second kappa shape index (κ2) is 3.54. The summed E-state index contributed by atoms with van der Waals surface area (Å²) in [6.07, 6.45) is 0.117. The highest BCUT2D eigenvalue weighted by atomic mass is 16.3. The smallest absolute Gasteiger partial charge is 0.209 e. The van der Waals surface area contributed by atoms with Crippen LogP contribution in [0.25, 0.3) is 11.1 Å². The number of fused-ring (bicyclic) bond motifs is 1. The van der Waals surface area contributed by atoms with E-state index in [-0.39, 0.29) is 12.2 Å². The number of hydrogen-bond donors (Lipinski definition) is 0. The molecule has 1 aromatic heterocycles. The van der Waals surface area contributed by atoms with Crippen LogP contribution in [0.1, 0.15) is 23.2 Å². The molecule has 1 heterocycles. The van der Waals surface area contributed by atoms with Crippen LogP contribution in [-0.4, -0.2) is 10.8 Å². The predicted molar refractivity (Wildman–Crippen MR) is 53.3 cm³/mol. The molecule has 0 bridgehead atoms. The molecule has 0 radical (unpaired) electrons. The molecule has 0 saturated heterocycles. The molecule has 1 aromatic carbocycles. The van der Waals surface area contributed by atoms with Gasteiger partial charge in [-0.1, -0.05) is 6.07 Å². The van der Waals surface area contributed by atoms with Crippen molar-refractivity contribution < 1.29 is 9.21 Å². The number of nitriles is 1. The van der Waals surface area contributed by atoms with Crippen LogP contribution < -0.4 is 0 Å². The minimum absolute atomic E-state index is 0.0580. The van der Waals surface area contributed by atoms with Crippen LogP contribution in [0.4, 0.5) is 0 Å². The third-order valence-corrected chi connectivity index (χ3v) is 2.07. The number of benzene rings is 1. The lowest BCUT2D eigenvalue weighted by molar-refractivity contribution is 0.101. The maximum absolute atomic E-state index is 11.3. The fourth-order valence-corrected chi connectivity index (χ4v) is 1.42. The molecule has 0 atom stereocenters. The van der Waals surface area contributed by atoms with Gasteiger partial charge in [-0.25, -0.2) is 4.98 Å². The Labute approximate surface area is 86.1 Å². The Bertz CT molecular complexity index is 563. The Morgan fingerprint density at radius 1 is 1.60 bits per heavy atom. The highest BCUT2D eigenvalue weighted by Gasteiger charge is 2.11. The highest BCUT2D eigenvalue weighted by Crippen LogP contribution is 2.20. The molecule has 0 fully saturated rings. The summed E-state index contributed by atoms with van der Waals surface area (Å²) in [7, 11) is 0. The average molecular weight is 200 g/mol. The van der Waals surface area contributed by atoms with Gasteiger partial charge in [0.25, 0.3) is 0 Å². The lowest BCUT2D eigenvalue weighted by Crippen LogP contribution is -1.92. The number of carbonyl (C=O) groups is 1. The quantitative estimate of drug-likeness (QED) is 0.696. The monoisotopic (exact) mass is 200 g/mol. The number of aromatic nitrogens is 1. The second-order valence-corrected chi connectivity index (χ2v) is 3.15. The molecular weight excluding hydrogens is 192 g/mol. The van der Waals surface area contributed by atoms with E-state index in [4.69, 9.17) is 9.68 Å². The summed E-state index contributed by atoms with van der Waals surface area (Å²) < 4.78 is 5.31. The first-order valence-corrected chi connectivity index (χ1v) is 4.48. The van der Waals surface area contributed by atoms with Crippen molar-refractivity contribution in [1.29, 1.82) is 5.26 Å². The molecule has 0 saturated carbocycles. The predicted octanol–water partition coefficient (Wildman–Crippen LogP) is 2.10. The zero-order chi connectivity index (χ0) is 10.8. The summed E-state index contributed by atoms with van der Waals surface area (Å²) in [6.45, 7) is 1.48. The van der Waals surface area contributed by atoms with Crippen LogP contribution in [0.2, 0.25) is 0 Å². The Kier molecular flexibility index (Phi) is 2.22. The van der Waals surface area contributed by atoms with E-state index in [0.29, 0.717) is 22.6 Å². The number of carbonyl (C=O) groups excluding carboxylic acids is 1. The van der Waals surface area contributed by atoms with E-state index < -0.39 is 0 Å². The number of para-hydroxylation sites is 1. The number of ketones is 1. The van der Waals surface area contributed by atoms with Crippen LogP contribution in [0.3, 0.4) is 0 Å². The zero-order valence-corrected chi connectivity index (χ0v) is 8.15. The van der Waals surface area contributed by atoms with Gasteiger partial charge in [-0.2, -0.15) is 5.26 Å². The van der Waals surface area contributed by atoms with Gasteiger partial charge in [-0.3, -0.25) is 4.79 Å². The SMILES string of the molecule is CC(=O)c1cccc2oc(CC#N)nc12. The molecular formula is C11H8N2O2. The van der Waals surface area contributed by atoms with Crippen LogP contribution in [0, 0.1) is 11.3 Å². The normalized spacial score (nSPS) is 10.1. The molecule has 2 rings (SSSR count). The number of oxazole rings is 1. The Morgan fingerprint density at radius 3 is 3.07 bits per heavy atom. The molecule has 0 N–H and O–H groups in total. The van der Waals surface area contributed by atoms with Gasteiger partial charge in [0.15, 0.2) is 11.4 Å². The molecule has 4 nitrogen and oxygen atoms in total. The summed E-state index contributed by atoms with van der Waals surface area (Å²) in [5, 5.41) is 8.51. The average Bonchev–Trinajstić information content (AvgIpc) is 2.59. The van der Waals surface area contributed by atoms with E-state index in [1.165, 1.54) is 6.92 Å². The van der Waals surface area contributed by atoms with Gasteiger partial charge in [0, 0.05) is 5.56 Å². The molecule has 0 spiro atoms. The molecule has 0 aliphatic heterocycles. The van der Waals surface area contributed by atoms with Gasteiger partial charge in [0.2, 0.25) is 5.89 Å². The van der Waals surface area contributed by atoms with Crippen LogP contribution in [0.5, 0.6) is 0 Å². The summed E-state index contributed by atoms with van der Waals surface area (Å²) >= 11 is 0. The first kappa shape index (κ1) is 9.41. The fourth-order valence-electron chi connectivity index (χ4n) is 1.42. The summed E-state index contributed by atoms with van der Waals surface area (Å²) in [5.41, 5.74) is 1.61. The third kappa shape index (κ3) is 1.59. The van der Waals surface area contributed by atoms with Crippen molar-refractivity contribution in [2.45, 2.75) is 13.3 Å². The van der Waals surface area contributed by atoms with Crippen molar-refractivity contribution in [2.24, 2.45) is 0 Å². The van der Waals surface area contributed by atoms with E-state index in [1.54, 1.807) is 18.2 Å². The topological polar surface area (TPSA) is 66.9 Å². The van der Waals surface area contributed by atoms with Crippen molar-refractivity contribution >= 4 is 16.9 Å². The summed E-state index contributed by atoms with van der Waals surface area (Å²) in [5.74, 6) is 0.290. The zero-order valence-electron chi connectivity index (χ0n) is 8.15. The Morgan fingerprint density at radius 2 is 2.40 bits per heavy atom. The van der Waals surface area contributed by atoms with Crippen molar-refractivity contribution in [3.8, 4) is 6.07 Å². The lowest BCUT2D eigenvalue weighted by atomic mass is 10.1. The Balaban J connectivity index is 2.65. The minimum atomic E-state index is -0.0580. The van der Waals surface area contributed by atoms with Gasteiger partial charge in [0.05, 0.1) is 6.07 Å². The van der Waals surface area contributed by atoms with Crippen LogP contribution >= 0.6 is 0 Å². The van der Waals surface area contributed by atoms with Crippen molar-refractivity contribution in [3.63, 3.8) is 0 Å². The molecule has 15 heavy (non-hydrogen) atoms. The summed E-state index contributed by atoms with van der Waals surface area (Å²) in [4.78, 5) is 15.4. The molecule has 4 heteroatoms. The number of nitrogens with zero attached hydrogens (tertiary/aromatic N) is 2. The van der Waals surface area contributed by atoms with E-state index in [9.17, 15) is 4.79 Å². The largest absolute Gasteiger partial charge is 0.440 e. The van der Waals surface area contributed by atoms with E-state index in [1.807, 2.05) is 6.07 Å². The second-order valence-electron chi connectivity index (χ2n) is 3.15. The van der Waals surface area contributed by atoms with E-state index in [0.717, 1.165) is 0 Å². The van der Waals surface area contributed by atoms with Crippen molar-refractivity contribution in [3.05, 3.63) is 29.7 Å². The van der Waals surface area contributed by atoms with Crippen molar-refractivity contribution in [1.82, 2.24) is 4.98 Å². The Hall–Kier alpha value is -2.15. The maximum atomic E-state index is 11.3. The van der Waals surface area contributed by atoms with Gasteiger partial charge in [-0.05, 0) is 19.1 Å². The first-order chi connectivity index (χ1) is 7.22. The first-order valence-electron chi connectivity index (χ1n) is 4.48.